The van der Waals surface area contributed by atoms with Gasteiger partial charge in [-0.1, -0.05) is 76.6 Å². The summed E-state index contributed by atoms with van der Waals surface area (Å²) in [6, 6.07) is 10.0. The number of carboxylic acid groups (broad SMARTS) is 1. The molecular formula is C33H48O9. The maximum absolute atomic E-state index is 11.2. The van der Waals surface area contributed by atoms with Crippen LogP contribution in [0.4, 0.5) is 0 Å². The van der Waals surface area contributed by atoms with E-state index in [0.717, 1.165) is 6.08 Å². The lowest BCUT2D eigenvalue weighted by Gasteiger charge is -2.06. The summed E-state index contributed by atoms with van der Waals surface area (Å²) in [6.07, 6.45) is 3.89. The van der Waals surface area contributed by atoms with Gasteiger partial charge in [0.2, 0.25) is 0 Å². The number of carboxylic acids is 1. The molecule has 0 aliphatic heterocycles. The first-order chi connectivity index (χ1) is 19.5. The van der Waals surface area contributed by atoms with E-state index in [9.17, 15) is 19.2 Å². The average Bonchev–Trinajstić information content (AvgIpc) is 2.92. The van der Waals surface area contributed by atoms with Crippen LogP contribution in [0.1, 0.15) is 60.5 Å². The molecule has 0 amide bonds. The first-order valence-electron chi connectivity index (χ1n) is 13.3. The van der Waals surface area contributed by atoms with E-state index < -0.39 is 18.0 Å². The molecule has 0 radical (unpaired) electrons. The van der Waals surface area contributed by atoms with E-state index in [2.05, 4.69) is 26.3 Å². The van der Waals surface area contributed by atoms with Crippen LogP contribution in [-0.4, -0.2) is 59.5 Å². The third-order valence-electron chi connectivity index (χ3n) is 4.21. The minimum absolute atomic E-state index is 0.0116. The molecule has 2 N–H and O–H groups in total. The largest absolute Gasteiger partial charge is 0.478 e. The zero-order valence-corrected chi connectivity index (χ0v) is 26.1. The molecule has 0 saturated heterocycles. The van der Waals surface area contributed by atoms with E-state index >= 15 is 0 Å². The number of rotatable bonds is 12. The van der Waals surface area contributed by atoms with Gasteiger partial charge in [0.05, 0.1) is 31.0 Å². The van der Waals surface area contributed by atoms with Gasteiger partial charge in [0.15, 0.2) is 0 Å². The Morgan fingerprint density at radius 3 is 1.79 bits per heavy atom. The van der Waals surface area contributed by atoms with Crippen LogP contribution in [0.25, 0.3) is 6.08 Å². The Kier molecular flexibility index (Phi) is 25.9. The van der Waals surface area contributed by atoms with Crippen LogP contribution >= 0.6 is 0 Å². The topological polar surface area (TPSA) is 136 Å². The average molecular weight is 589 g/mol. The summed E-state index contributed by atoms with van der Waals surface area (Å²) in [5, 5.41) is 17.5. The maximum atomic E-state index is 11.2. The highest BCUT2D eigenvalue weighted by atomic mass is 16.5. The van der Waals surface area contributed by atoms with Crippen molar-refractivity contribution in [3.8, 4) is 0 Å². The normalized spacial score (nSPS) is 10.6. The monoisotopic (exact) mass is 588 g/mol. The standard InChI is InChI=1S/C11H16O5.C8H8.2C7H12O2/c1-7(10(13)14)6-8(2)11(15)16-5-4-9(3)12;1-2-8-6-4-3-5-7-8;1-5(2)7(8)9-6(3)4;1-4-7(8)9-5-6(2)3/h6,9,12H,2,4-5H2,1,3H3,(H,13,14);2-7H,1H2;6H,1H2,2-4H3;4,6H,1,5H2,2-3H3. The van der Waals surface area contributed by atoms with E-state index in [4.69, 9.17) is 24.4 Å². The summed E-state index contributed by atoms with van der Waals surface area (Å²) < 4.78 is 14.2. The molecule has 0 aliphatic carbocycles. The summed E-state index contributed by atoms with van der Waals surface area (Å²) in [5.74, 6) is -2.05. The molecule has 0 spiro atoms. The molecule has 1 rings (SSSR count). The Morgan fingerprint density at radius 1 is 0.905 bits per heavy atom. The van der Waals surface area contributed by atoms with Crippen molar-refractivity contribution in [3.05, 3.63) is 91.1 Å². The van der Waals surface area contributed by atoms with Crippen molar-refractivity contribution in [3.63, 3.8) is 0 Å². The number of benzene rings is 1. The second kappa shape index (κ2) is 25.7. The molecule has 0 fully saturated rings. The molecule has 1 atom stereocenters. The van der Waals surface area contributed by atoms with Crippen molar-refractivity contribution < 1.29 is 43.6 Å². The predicted molar refractivity (Wildman–Crippen MR) is 166 cm³/mol. The molecule has 9 nitrogen and oxygen atoms in total. The van der Waals surface area contributed by atoms with Crippen LogP contribution in [-0.2, 0) is 33.4 Å². The van der Waals surface area contributed by atoms with Crippen molar-refractivity contribution in [1.82, 2.24) is 0 Å². The summed E-state index contributed by atoms with van der Waals surface area (Å²) in [5.41, 5.74) is 1.61. The summed E-state index contributed by atoms with van der Waals surface area (Å²) in [6.45, 7) is 26.4. The highest BCUT2D eigenvalue weighted by molar-refractivity contribution is 5.95. The first-order valence-corrected chi connectivity index (χ1v) is 13.3. The zero-order valence-electron chi connectivity index (χ0n) is 26.1. The third-order valence-corrected chi connectivity index (χ3v) is 4.21. The van der Waals surface area contributed by atoms with Gasteiger partial charge in [-0.05, 0) is 52.2 Å². The highest BCUT2D eigenvalue weighted by Gasteiger charge is 2.09. The van der Waals surface area contributed by atoms with Crippen LogP contribution in [0.3, 0.4) is 0 Å². The van der Waals surface area contributed by atoms with Crippen molar-refractivity contribution >= 4 is 30.0 Å². The lowest BCUT2D eigenvalue weighted by Crippen LogP contribution is -2.12. The molecule has 1 aromatic carbocycles. The smallest absolute Gasteiger partial charge is 0.337 e. The fourth-order valence-corrected chi connectivity index (χ4v) is 2.01. The number of ether oxygens (including phenoxy) is 3. The van der Waals surface area contributed by atoms with Gasteiger partial charge in [0.25, 0.3) is 0 Å². The van der Waals surface area contributed by atoms with Crippen LogP contribution in [0.15, 0.2) is 85.5 Å². The van der Waals surface area contributed by atoms with E-state index in [-0.39, 0.29) is 35.8 Å². The molecule has 0 heterocycles. The lowest BCUT2D eigenvalue weighted by atomic mass is 10.2. The van der Waals surface area contributed by atoms with Gasteiger partial charge in [-0.3, -0.25) is 0 Å². The molecule has 234 valence electrons. The number of aliphatic hydroxyl groups is 1. The Bertz CT molecular complexity index is 1030. The van der Waals surface area contributed by atoms with Gasteiger partial charge < -0.3 is 24.4 Å². The van der Waals surface area contributed by atoms with Crippen molar-refractivity contribution in [2.75, 3.05) is 13.2 Å². The Balaban J connectivity index is -0.000000506. The highest BCUT2D eigenvalue weighted by Crippen LogP contribution is 2.04. The Hall–Kier alpha value is -4.24. The first kappa shape index (κ1) is 42.2. The molecule has 9 heteroatoms. The molecule has 0 bridgehead atoms. The number of aliphatic carboxylic acids is 1. The Morgan fingerprint density at radius 2 is 1.45 bits per heavy atom. The molecule has 0 aliphatic rings. The van der Waals surface area contributed by atoms with E-state index in [1.807, 2.05) is 50.3 Å². The quantitative estimate of drug-likeness (QED) is 0.128. The van der Waals surface area contributed by atoms with E-state index in [0.29, 0.717) is 24.5 Å². The fourth-order valence-electron chi connectivity index (χ4n) is 2.01. The number of hydrogen-bond acceptors (Lipinski definition) is 8. The van der Waals surface area contributed by atoms with Crippen LogP contribution in [0.5, 0.6) is 0 Å². The van der Waals surface area contributed by atoms with Gasteiger partial charge >= 0.3 is 23.9 Å². The minimum Gasteiger partial charge on any atom is -0.478 e. The number of aliphatic hydroxyl groups excluding tert-OH is 1. The van der Waals surface area contributed by atoms with Crippen molar-refractivity contribution in [2.24, 2.45) is 5.92 Å². The minimum atomic E-state index is -1.11. The number of carbonyl (C=O) groups is 4. The second-order valence-electron chi connectivity index (χ2n) is 9.51. The zero-order chi connectivity index (χ0) is 33.3. The van der Waals surface area contributed by atoms with E-state index in [1.54, 1.807) is 27.7 Å². The predicted octanol–water partition coefficient (Wildman–Crippen LogP) is 6.10. The summed E-state index contributed by atoms with van der Waals surface area (Å²) in [7, 11) is 0. The Labute approximate surface area is 250 Å². The lowest BCUT2D eigenvalue weighted by molar-refractivity contribution is -0.142. The van der Waals surface area contributed by atoms with Crippen LogP contribution in [0, 0.1) is 5.92 Å². The number of esters is 3. The molecule has 0 aromatic heterocycles. The molecule has 0 saturated carbocycles. The maximum Gasteiger partial charge on any atom is 0.337 e. The summed E-state index contributed by atoms with van der Waals surface area (Å²) in [4.78, 5) is 42.7. The second-order valence-corrected chi connectivity index (χ2v) is 9.51. The molecule has 42 heavy (non-hydrogen) atoms. The molecule has 1 unspecified atom stereocenters. The molecular weight excluding hydrogens is 540 g/mol. The fraction of sp³-hybridized carbons (Fsp3) is 0.394. The van der Waals surface area contributed by atoms with Crippen LogP contribution in [0.2, 0.25) is 0 Å². The van der Waals surface area contributed by atoms with E-state index in [1.165, 1.54) is 18.6 Å². The number of hydrogen-bond donors (Lipinski definition) is 2. The SMILES string of the molecule is C=C(C)C(=O)OC(C)C.C=C(C=C(C)C(=O)O)C(=O)OCCC(C)O.C=CC(=O)OCC(C)C.C=Cc1ccccc1. The van der Waals surface area contributed by atoms with Gasteiger partial charge in [0, 0.05) is 23.6 Å². The van der Waals surface area contributed by atoms with Crippen molar-refractivity contribution in [2.45, 2.75) is 67.1 Å². The molecule has 1 aromatic rings. The van der Waals surface area contributed by atoms with Crippen LogP contribution < -0.4 is 0 Å². The summed E-state index contributed by atoms with van der Waals surface area (Å²) >= 11 is 0. The van der Waals surface area contributed by atoms with Gasteiger partial charge in [-0.2, -0.15) is 0 Å². The third kappa shape index (κ3) is 28.8. The van der Waals surface area contributed by atoms with Gasteiger partial charge in [-0.25, -0.2) is 19.2 Å². The van der Waals surface area contributed by atoms with Gasteiger partial charge in [-0.15, -0.1) is 0 Å². The van der Waals surface area contributed by atoms with Gasteiger partial charge in [0.1, 0.15) is 0 Å². The van der Waals surface area contributed by atoms with Crippen molar-refractivity contribution in [1.29, 1.82) is 0 Å². The number of carbonyl (C=O) groups excluding carboxylic acids is 3.